The van der Waals surface area contributed by atoms with Crippen molar-refractivity contribution in [1.29, 1.82) is 0 Å². The van der Waals surface area contributed by atoms with E-state index in [9.17, 15) is 0 Å². The van der Waals surface area contributed by atoms with Gasteiger partial charge in [-0.1, -0.05) is 6.07 Å². The molecule has 0 aliphatic carbocycles. The lowest BCUT2D eigenvalue weighted by molar-refractivity contribution is 0.287. The quantitative estimate of drug-likeness (QED) is 0.466. The fourth-order valence-corrected chi connectivity index (χ4v) is 4.44. The van der Waals surface area contributed by atoms with Crippen molar-refractivity contribution in [1.82, 2.24) is 10.6 Å². The number of piperidine rings is 1. The molecule has 3 rings (SSSR count). The van der Waals surface area contributed by atoms with Gasteiger partial charge in [0.2, 0.25) is 0 Å². The Morgan fingerprint density at radius 3 is 2.57 bits per heavy atom. The highest BCUT2D eigenvalue weighted by Gasteiger charge is 2.20. The van der Waals surface area contributed by atoms with Crippen LogP contribution in [0.25, 0.3) is 0 Å². The highest BCUT2D eigenvalue weighted by Crippen LogP contribution is 2.28. The molecule has 2 N–H and O–H groups in total. The monoisotopic (exact) mass is 430 g/mol. The third-order valence-electron chi connectivity index (χ3n) is 5.19. The maximum Gasteiger partial charge on any atom is 0.191 e. The summed E-state index contributed by atoms with van der Waals surface area (Å²) in [7, 11) is 1.83. The van der Waals surface area contributed by atoms with Crippen molar-refractivity contribution < 1.29 is 9.47 Å². The Morgan fingerprint density at radius 1 is 1.13 bits per heavy atom. The van der Waals surface area contributed by atoms with Gasteiger partial charge in [0.25, 0.3) is 0 Å². The number of benzene rings is 1. The van der Waals surface area contributed by atoms with E-state index in [0.29, 0.717) is 19.3 Å². The third kappa shape index (κ3) is 6.29. The minimum absolute atomic E-state index is 0.461. The van der Waals surface area contributed by atoms with Crippen molar-refractivity contribution in [3.05, 3.63) is 41.3 Å². The van der Waals surface area contributed by atoms with Crippen molar-refractivity contribution in [3.8, 4) is 11.5 Å². The van der Waals surface area contributed by atoms with Crippen molar-refractivity contribution >= 4 is 22.3 Å². The van der Waals surface area contributed by atoms with E-state index in [1.807, 2.05) is 38.3 Å². The average Bonchev–Trinajstić information content (AvgIpc) is 3.30. The molecule has 1 aliphatic rings. The van der Waals surface area contributed by atoms with Crippen molar-refractivity contribution in [2.24, 2.45) is 4.99 Å². The van der Waals surface area contributed by atoms with Crippen LogP contribution in [0.4, 0.5) is 5.00 Å². The molecule has 6 nitrogen and oxygen atoms in total. The molecule has 0 amide bonds. The summed E-state index contributed by atoms with van der Waals surface area (Å²) in [6.45, 7) is 8.22. The minimum Gasteiger partial charge on any atom is -0.490 e. The molecule has 0 spiro atoms. The van der Waals surface area contributed by atoms with Crippen LogP contribution in [0.5, 0.6) is 11.5 Å². The SMILES string of the molecule is CCOc1ccc(CCNC(=NC)NC2CCN(c3cccs3)CC2)cc1OCC. The molecule has 0 saturated carbocycles. The van der Waals surface area contributed by atoms with E-state index < -0.39 is 0 Å². The number of aliphatic imine (C=N–C) groups is 1. The Balaban J connectivity index is 1.44. The average molecular weight is 431 g/mol. The summed E-state index contributed by atoms with van der Waals surface area (Å²) in [6.07, 6.45) is 3.13. The van der Waals surface area contributed by atoms with E-state index in [1.165, 1.54) is 10.6 Å². The Bertz CT molecular complexity index is 787. The summed E-state index contributed by atoms with van der Waals surface area (Å²) >= 11 is 1.82. The predicted octanol–water partition coefficient (Wildman–Crippen LogP) is 3.92. The first-order valence-corrected chi connectivity index (χ1v) is 11.8. The number of guanidine groups is 1. The molecule has 1 fully saturated rings. The first-order chi connectivity index (χ1) is 14.7. The van der Waals surface area contributed by atoms with Crippen LogP contribution in [-0.4, -0.2) is 51.9 Å². The summed E-state index contributed by atoms with van der Waals surface area (Å²) in [5, 5.41) is 10.6. The standard InChI is InChI=1S/C23H34N4O2S/c1-4-28-20-9-8-18(17-21(20)29-5-2)10-13-25-23(24-3)26-19-11-14-27(15-12-19)22-7-6-16-30-22/h6-9,16-17,19H,4-5,10-15H2,1-3H3,(H2,24,25,26). The van der Waals surface area contributed by atoms with E-state index in [0.717, 1.165) is 56.4 Å². The number of hydrogen-bond donors (Lipinski definition) is 2. The number of ether oxygens (including phenoxy) is 2. The normalized spacial score (nSPS) is 15.2. The van der Waals surface area contributed by atoms with Gasteiger partial charge >= 0.3 is 0 Å². The summed E-state index contributed by atoms with van der Waals surface area (Å²) in [5.74, 6) is 2.50. The van der Waals surface area contributed by atoms with Gasteiger partial charge in [0, 0.05) is 32.7 Å². The zero-order valence-corrected chi connectivity index (χ0v) is 19.1. The highest BCUT2D eigenvalue weighted by molar-refractivity contribution is 7.14. The summed E-state index contributed by atoms with van der Waals surface area (Å²) in [5.41, 5.74) is 1.22. The summed E-state index contributed by atoms with van der Waals surface area (Å²) < 4.78 is 11.4. The molecule has 1 saturated heterocycles. The Labute approximate surface area is 184 Å². The fraction of sp³-hybridized carbons (Fsp3) is 0.522. The maximum atomic E-state index is 5.73. The van der Waals surface area contributed by atoms with Gasteiger partial charge in [-0.25, -0.2) is 0 Å². The van der Waals surface area contributed by atoms with Crippen LogP contribution < -0.4 is 25.0 Å². The van der Waals surface area contributed by atoms with E-state index in [4.69, 9.17) is 9.47 Å². The highest BCUT2D eigenvalue weighted by atomic mass is 32.1. The second kappa shape index (κ2) is 11.7. The third-order valence-corrected chi connectivity index (χ3v) is 6.12. The largest absolute Gasteiger partial charge is 0.490 e. The lowest BCUT2D eigenvalue weighted by Crippen LogP contribution is -2.49. The lowest BCUT2D eigenvalue weighted by Gasteiger charge is -2.33. The van der Waals surface area contributed by atoms with Crippen LogP contribution in [0, 0.1) is 0 Å². The van der Waals surface area contributed by atoms with E-state index >= 15 is 0 Å². The van der Waals surface area contributed by atoms with Crippen LogP contribution in [0.2, 0.25) is 0 Å². The maximum absolute atomic E-state index is 5.73. The predicted molar refractivity (Wildman–Crippen MR) is 127 cm³/mol. The number of nitrogens with zero attached hydrogens (tertiary/aromatic N) is 2. The lowest BCUT2D eigenvalue weighted by atomic mass is 10.1. The van der Waals surface area contributed by atoms with Crippen LogP contribution in [0.1, 0.15) is 32.3 Å². The zero-order chi connectivity index (χ0) is 21.2. The van der Waals surface area contributed by atoms with Gasteiger partial charge in [-0.2, -0.15) is 0 Å². The molecule has 1 aromatic heterocycles. The molecule has 0 unspecified atom stereocenters. The number of hydrogen-bond acceptors (Lipinski definition) is 5. The zero-order valence-electron chi connectivity index (χ0n) is 18.3. The number of nitrogens with one attached hydrogen (secondary N) is 2. The van der Waals surface area contributed by atoms with Crippen LogP contribution in [0.15, 0.2) is 40.7 Å². The molecule has 7 heteroatoms. The van der Waals surface area contributed by atoms with E-state index in [-0.39, 0.29) is 0 Å². The Morgan fingerprint density at radius 2 is 1.90 bits per heavy atom. The van der Waals surface area contributed by atoms with E-state index in [1.54, 1.807) is 0 Å². The van der Waals surface area contributed by atoms with Crippen molar-refractivity contribution in [2.45, 2.75) is 39.2 Å². The topological polar surface area (TPSA) is 58.1 Å². The molecule has 2 aromatic rings. The molecular weight excluding hydrogens is 396 g/mol. The summed E-state index contributed by atoms with van der Waals surface area (Å²) in [6, 6.07) is 11.0. The minimum atomic E-state index is 0.461. The van der Waals surface area contributed by atoms with Gasteiger partial charge < -0.3 is 25.0 Å². The number of anilines is 1. The second-order valence-electron chi connectivity index (χ2n) is 7.25. The van der Waals surface area contributed by atoms with Gasteiger partial charge in [0.05, 0.1) is 18.2 Å². The van der Waals surface area contributed by atoms with Gasteiger partial charge in [0.1, 0.15) is 0 Å². The molecule has 1 aliphatic heterocycles. The Hall–Kier alpha value is -2.41. The molecule has 2 heterocycles. The molecule has 1 aromatic carbocycles. The van der Waals surface area contributed by atoms with Crippen LogP contribution in [0.3, 0.4) is 0 Å². The molecular formula is C23H34N4O2S. The Kier molecular flexibility index (Phi) is 8.68. The second-order valence-corrected chi connectivity index (χ2v) is 8.18. The smallest absolute Gasteiger partial charge is 0.191 e. The van der Waals surface area contributed by atoms with Crippen molar-refractivity contribution in [3.63, 3.8) is 0 Å². The van der Waals surface area contributed by atoms with Crippen LogP contribution >= 0.6 is 11.3 Å². The summed E-state index contributed by atoms with van der Waals surface area (Å²) in [4.78, 5) is 6.88. The molecule has 0 radical (unpaired) electrons. The fourth-order valence-electron chi connectivity index (χ4n) is 3.66. The van der Waals surface area contributed by atoms with Crippen molar-refractivity contribution in [2.75, 3.05) is 44.8 Å². The first kappa shape index (κ1) is 22.3. The van der Waals surface area contributed by atoms with Gasteiger partial charge in [-0.3, -0.25) is 4.99 Å². The van der Waals surface area contributed by atoms with E-state index in [2.05, 4.69) is 50.2 Å². The molecule has 0 atom stereocenters. The first-order valence-electron chi connectivity index (χ1n) is 10.9. The van der Waals surface area contributed by atoms with Gasteiger partial charge in [-0.15, -0.1) is 11.3 Å². The molecule has 0 bridgehead atoms. The molecule has 164 valence electrons. The molecule has 30 heavy (non-hydrogen) atoms. The number of thiophene rings is 1. The van der Waals surface area contributed by atoms with Gasteiger partial charge in [0.15, 0.2) is 17.5 Å². The number of rotatable bonds is 9. The van der Waals surface area contributed by atoms with Gasteiger partial charge in [-0.05, 0) is 68.3 Å². The van der Waals surface area contributed by atoms with Crippen LogP contribution in [-0.2, 0) is 6.42 Å².